The molecule has 0 aromatic rings. The smallest absolute Gasteiger partial charge is 0.0509 e. The lowest BCUT2D eigenvalue weighted by molar-refractivity contribution is 0.177. The van der Waals surface area contributed by atoms with Crippen LogP contribution in [-0.2, 0) is 4.74 Å². The Labute approximate surface area is 101 Å². The Bertz CT molecular complexity index is 169. The zero-order valence-electron chi connectivity index (χ0n) is 11.2. The molecule has 96 valence electrons. The molecule has 2 atom stereocenters. The SMILES string of the molecule is CCCCN(C)CCNC(C)C1CCOC1. The van der Waals surface area contributed by atoms with Crippen LogP contribution in [0.5, 0.6) is 0 Å². The number of rotatable bonds is 8. The number of likely N-dealkylation sites (N-methyl/N-ethyl adjacent to an activating group) is 1. The van der Waals surface area contributed by atoms with Crippen LogP contribution in [0.25, 0.3) is 0 Å². The van der Waals surface area contributed by atoms with E-state index in [9.17, 15) is 0 Å². The minimum atomic E-state index is 0.599. The molecule has 1 N–H and O–H groups in total. The lowest BCUT2D eigenvalue weighted by Gasteiger charge is -2.22. The van der Waals surface area contributed by atoms with Gasteiger partial charge in [0.2, 0.25) is 0 Å². The van der Waals surface area contributed by atoms with E-state index in [0.29, 0.717) is 6.04 Å². The van der Waals surface area contributed by atoms with E-state index in [2.05, 4.69) is 31.1 Å². The number of hydrogen-bond acceptors (Lipinski definition) is 3. The van der Waals surface area contributed by atoms with Gasteiger partial charge in [0.25, 0.3) is 0 Å². The van der Waals surface area contributed by atoms with Gasteiger partial charge in [0.15, 0.2) is 0 Å². The van der Waals surface area contributed by atoms with Crippen LogP contribution in [0.4, 0.5) is 0 Å². The van der Waals surface area contributed by atoms with Crippen LogP contribution in [0.1, 0.15) is 33.1 Å². The van der Waals surface area contributed by atoms with E-state index in [1.165, 1.54) is 25.8 Å². The summed E-state index contributed by atoms with van der Waals surface area (Å²) in [5.41, 5.74) is 0. The van der Waals surface area contributed by atoms with Crippen LogP contribution in [0.3, 0.4) is 0 Å². The summed E-state index contributed by atoms with van der Waals surface area (Å²) in [7, 11) is 2.21. The molecule has 1 heterocycles. The summed E-state index contributed by atoms with van der Waals surface area (Å²) in [6, 6.07) is 0.599. The number of nitrogens with zero attached hydrogens (tertiary/aromatic N) is 1. The second kappa shape index (κ2) is 8.04. The van der Waals surface area contributed by atoms with Crippen molar-refractivity contribution in [1.29, 1.82) is 0 Å². The molecule has 2 unspecified atom stereocenters. The van der Waals surface area contributed by atoms with E-state index < -0.39 is 0 Å². The normalized spacial score (nSPS) is 22.9. The molecule has 1 fully saturated rings. The molecule has 0 aliphatic carbocycles. The Morgan fingerprint density at radius 2 is 2.25 bits per heavy atom. The van der Waals surface area contributed by atoms with Gasteiger partial charge in [-0.1, -0.05) is 13.3 Å². The minimum Gasteiger partial charge on any atom is -0.381 e. The fourth-order valence-corrected chi connectivity index (χ4v) is 2.14. The van der Waals surface area contributed by atoms with Crippen molar-refractivity contribution in [2.24, 2.45) is 5.92 Å². The number of ether oxygens (including phenoxy) is 1. The van der Waals surface area contributed by atoms with Crippen LogP contribution >= 0.6 is 0 Å². The predicted molar refractivity (Wildman–Crippen MR) is 68.8 cm³/mol. The van der Waals surface area contributed by atoms with Crippen LogP contribution in [0, 0.1) is 5.92 Å². The van der Waals surface area contributed by atoms with E-state index >= 15 is 0 Å². The van der Waals surface area contributed by atoms with Crippen molar-refractivity contribution in [3.05, 3.63) is 0 Å². The van der Waals surface area contributed by atoms with Gasteiger partial charge in [0.1, 0.15) is 0 Å². The highest BCUT2D eigenvalue weighted by Gasteiger charge is 2.21. The average Bonchev–Trinajstić information content (AvgIpc) is 2.79. The first kappa shape index (κ1) is 13.9. The Morgan fingerprint density at radius 3 is 2.88 bits per heavy atom. The van der Waals surface area contributed by atoms with E-state index in [1.807, 2.05) is 0 Å². The highest BCUT2D eigenvalue weighted by atomic mass is 16.5. The summed E-state index contributed by atoms with van der Waals surface area (Å²) in [4.78, 5) is 2.41. The molecule has 0 saturated carbocycles. The monoisotopic (exact) mass is 228 g/mol. The number of unbranched alkanes of at least 4 members (excludes halogenated alkanes) is 1. The highest BCUT2D eigenvalue weighted by Crippen LogP contribution is 2.15. The van der Waals surface area contributed by atoms with E-state index in [-0.39, 0.29) is 0 Å². The number of nitrogens with one attached hydrogen (secondary N) is 1. The standard InChI is InChI=1S/C13H28N2O/c1-4-5-8-15(3)9-7-14-12(2)13-6-10-16-11-13/h12-14H,4-11H2,1-3H3. The predicted octanol–water partition coefficient (Wildman–Crippen LogP) is 1.73. The van der Waals surface area contributed by atoms with Gasteiger partial charge in [-0.25, -0.2) is 0 Å². The molecule has 0 radical (unpaired) electrons. The van der Waals surface area contributed by atoms with Crippen molar-refractivity contribution in [1.82, 2.24) is 10.2 Å². The summed E-state index contributed by atoms with van der Waals surface area (Å²) in [5, 5.41) is 3.61. The summed E-state index contributed by atoms with van der Waals surface area (Å²) in [5.74, 6) is 0.723. The Hall–Kier alpha value is -0.120. The lowest BCUT2D eigenvalue weighted by atomic mass is 10.0. The second-order valence-electron chi connectivity index (χ2n) is 5.02. The van der Waals surface area contributed by atoms with Gasteiger partial charge in [0, 0.05) is 25.7 Å². The first-order chi connectivity index (χ1) is 7.74. The molecule has 1 rings (SSSR count). The molecule has 0 amide bonds. The first-order valence-electron chi connectivity index (χ1n) is 6.73. The molecule has 1 aliphatic heterocycles. The van der Waals surface area contributed by atoms with Gasteiger partial charge in [0.05, 0.1) is 6.61 Å². The minimum absolute atomic E-state index is 0.599. The third-order valence-electron chi connectivity index (χ3n) is 3.53. The maximum Gasteiger partial charge on any atom is 0.0509 e. The Morgan fingerprint density at radius 1 is 1.44 bits per heavy atom. The highest BCUT2D eigenvalue weighted by molar-refractivity contribution is 4.75. The van der Waals surface area contributed by atoms with Crippen molar-refractivity contribution in [2.75, 3.05) is 39.9 Å². The molecular formula is C13H28N2O. The maximum atomic E-state index is 5.41. The van der Waals surface area contributed by atoms with Gasteiger partial charge in [-0.15, -0.1) is 0 Å². The van der Waals surface area contributed by atoms with Gasteiger partial charge in [-0.3, -0.25) is 0 Å². The van der Waals surface area contributed by atoms with Gasteiger partial charge >= 0.3 is 0 Å². The van der Waals surface area contributed by atoms with Crippen LogP contribution < -0.4 is 5.32 Å². The quantitative estimate of drug-likeness (QED) is 0.685. The zero-order valence-corrected chi connectivity index (χ0v) is 11.2. The van der Waals surface area contributed by atoms with Gasteiger partial charge < -0.3 is 15.0 Å². The molecule has 3 heteroatoms. The van der Waals surface area contributed by atoms with Gasteiger partial charge in [-0.2, -0.15) is 0 Å². The summed E-state index contributed by atoms with van der Waals surface area (Å²) >= 11 is 0. The molecule has 3 nitrogen and oxygen atoms in total. The van der Waals surface area contributed by atoms with Crippen molar-refractivity contribution < 1.29 is 4.74 Å². The summed E-state index contributed by atoms with van der Waals surface area (Å²) in [6.45, 7) is 9.89. The van der Waals surface area contributed by atoms with Crippen LogP contribution in [0.15, 0.2) is 0 Å². The van der Waals surface area contributed by atoms with Crippen LogP contribution in [-0.4, -0.2) is 50.8 Å². The molecule has 1 aliphatic rings. The molecule has 0 aromatic carbocycles. The topological polar surface area (TPSA) is 24.5 Å². The molecular weight excluding hydrogens is 200 g/mol. The van der Waals surface area contributed by atoms with E-state index in [1.54, 1.807) is 0 Å². The van der Waals surface area contributed by atoms with Crippen molar-refractivity contribution >= 4 is 0 Å². The summed E-state index contributed by atoms with van der Waals surface area (Å²) in [6.07, 6.45) is 3.82. The van der Waals surface area contributed by atoms with Crippen molar-refractivity contribution in [2.45, 2.75) is 39.2 Å². The van der Waals surface area contributed by atoms with Crippen molar-refractivity contribution in [3.8, 4) is 0 Å². The third-order valence-corrected chi connectivity index (χ3v) is 3.53. The lowest BCUT2D eigenvalue weighted by Crippen LogP contribution is -2.38. The molecule has 1 saturated heterocycles. The third kappa shape index (κ3) is 5.28. The zero-order chi connectivity index (χ0) is 11.8. The Balaban J connectivity index is 2.00. The first-order valence-corrected chi connectivity index (χ1v) is 6.73. The van der Waals surface area contributed by atoms with E-state index in [0.717, 1.165) is 32.2 Å². The fraction of sp³-hybridized carbons (Fsp3) is 1.00. The summed E-state index contributed by atoms with van der Waals surface area (Å²) < 4.78 is 5.41. The van der Waals surface area contributed by atoms with Crippen molar-refractivity contribution in [3.63, 3.8) is 0 Å². The Kier molecular flexibility index (Phi) is 7.01. The number of hydrogen-bond donors (Lipinski definition) is 1. The largest absolute Gasteiger partial charge is 0.381 e. The molecule has 0 spiro atoms. The van der Waals surface area contributed by atoms with E-state index in [4.69, 9.17) is 4.74 Å². The van der Waals surface area contributed by atoms with Gasteiger partial charge in [-0.05, 0) is 39.3 Å². The molecule has 0 bridgehead atoms. The molecule has 16 heavy (non-hydrogen) atoms. The average molecular weight is 228 g/mol. The van der Waals surface area contributed by atoms with Crippen LogP contribution in [0.2, 0.25) is 0 Å². The maximum absolute atomic E-state index is 5.41. The fourth-order valence-electron chi connectivity index (χ4n) is 2.14. The molecule has 0 aromatic heterocycles. The second-order valence-corrected chi connectivity index (χ2v) is 5.02.